The molecule has 1 aromatic heterocycles. The lowest BCUT2D eigenvalue weighted by Gasteiger charge is -2.35. The van der Waals surface area contributed by atoms with Crippen LogP contribution in [0.3, 0.4) is 0 Å². The molecule has 2 aromatic rings. The van der Waals surface area contributed by atoms with Crippen LogP contribution in [-0.2, 0) is 0 Å². The number of nitrogens with one attached hydrogen (secondary N) is 1. The molecule has 29 heavy (non-hydrogen) atoms. The van der Waals surface area contributed by atoms with Gasteiger partial charge in [0.05, 0.1) is 11.9 Å². The van der Waals surface area contributed by atoms with Crippen molar-refractivity contribution in [3.63, 3.8) is 0 Å². The number of piperazine rings is 1. The Morgan fingerprint density at radius 2 is 1.79 bits per heavy atom. The smallest absolute Gasteiger partial charge is 0.376 e. The molecule has 11 heteroatoms. The number of urea groups is 1. The van der Waals surface area contributed by atoms with Crippen LogP contribution >= 0.6 is 11.8 Å². The molecule has 1 N–H and O–H groups in total. The van der Waals surface area contributed by atoms with Crippen molar-refractivity contribution in [2.45, 2.75) is 10.4 Å². The van der Waals surface area contributed by atoms with E-state index in [1.54, 1.807) is 11.1 Å². The molecule has 0 bridgehead atoms. The Labute approximate surface area is 170 Å². The molecule has 3 rings (SSSR count). The number of halogens is 3. The first-order valence-electron chi connectivity index (χ1n) is 8.88. The normalized spacial score (nSPS) is 14.7. The number of anilines is 3. The summed E-state index contributed by atoms with van der Waals surface area (Å²) in [5.74, 6) is 0.758. The quantitative estimate of drug-likeness (QED) is 0.755. The summed E-state index contributed by atoms with van der Waals surface area (Å²) < 4.78 is 37.1. The number of thioether (sulfide) groups is 1. The number of hydrogen-bond acceptors (Lipinski definition) is 6. The lowest BCUT2D eigenvalue weighted by Crippen LogP contribution is -2.50. The molecule has 1 aromatic carbocycles. The van der Waals surface area contributed by atoms with Crippen molar-refractivity contribution >= 4 is 35.0 Å². The molecule has 2 heterocycles. The van der Waals surface area contributed by atoms with Gasteiger partial charge in [0, 0.05) is 56.9 Å². The second-order valence-corrected chi connectivity index (χ2v) is 7.78. The van der Waals surface area contributed by atoms with Crippen molar-refractivity contribution in [3.05, 3.63) is 36.5 Å². The molecule has 156 valence electrons. The first kappa shape index (κ1) is 21.0. The minimum absolute atomic E-state index is 0.0742. The van der Waals surface area contributed by atoms with Crippen LogP contribution < -0.4 is 15.1 Å². The summed E-state index contributed by atoms with van der Waals surface area (Å²) in [7, 11) is 3.86. The molecule has 1 fully saturated rings. The first-order chi connectivity index (χ1) is 13.7. The van der Waals surface area contributed by atoms with Gasteiger partial charge >= 0.3 is 11.5 Å². The number of amides is 2. The maximum Gasteiger partial charge on any atom is 0.446 e. The standard InChI is InChI=1S/C18H21F3N6OS/c1-25(2)14-11-16(24-22-12-14)26-7-9-27(10-8-26)17(28)23-13-3-5-15(6-4-13)29-18(19,20)21/h3-6,11-12H,7-10H2,1-2H3,(H,23,28). The number of hydrogen-bond donors (Lipinski definition) is 1. The van der Waals surface area contributed by atoms with Crippen molar-refractivity contribution in [1.82, 2.24) is 15.1 Å². The van der Waals surface area contributed by atoms with Gasteiger partial charge in [0.25, 0.3) is 0 Å². The van der Waals surface area contributed by atoms with Crippen LogP contribution in [0.1, 0.15) is 0 Å². The summed E-state index contributed by atoms with van der Waals surface area (Å²) >= 11 is -0.185. The SMILES string of the molecule is CN(C)c1cnnc(N2CCN(C(=O)Nc3ccc(SC(F)(F)F)cc3)CC2)c1. The van der Waals surface area contributed by atoms with Crippen LogP contribution in [0.2, 0.25) is 0 Å². The predicted molar refractivity (Wildman–Crippen MR) is 108 cm³/mol. The monoisotopic (exact) mass is 426 g/mol. The van der Waals surface area contributed by atoms with Crippen LogP contribution in [0.4, 0.5) is 35.2 Å². The highest BCUT2D eigenvalue weighted by Crippen LogP contribution is 2.37. The van der Waals surface area contributed by atoms with E-state index in [-0.39, 0.29) is 22.7 Å². The van der Waals surface area contributed by atoms with E-state index in [4.69, 9.17) is 0 Å². The Morgan fingerprint density at radius 3 is 2.38 bits per heavy atom. The average Bonchev–Trinajstić information content (AvgIpc) is 2.68. The van der Waals surface area contributed by atoms with Crippen LogP contribution in [0.5, 0.6) is 0 Å². The third kappa shape index (κ3) is 5.89. The number of aromatic nitrogens is 2. The number of alkyl halides is 3. The number of carbonyl (C=O) groups excluding carboxylic acids is 1. The van der Waals surface area contributed by atoms with E-state index in [1.807, 2.05) is 25.1 Å². The highest BCUT2D eigenvalue weighted by Gasteiger charge is 2.29. The zero-order valence-electron chi connectivity index (χ0n) is 16.0. The second kappa shape index (κ2) is 8.76. The van der Waals surface area contributed by atoms with Gasteiger partial charge in [-0.05, 0) is 36.0 Å². The summed E-state index contributed by atoms with van der Waals surface area (Å²) in [5.41, 5.74) is -2.93. The van der Waals surface area contributed by atoms with Crippen molar-refractivity contribution < 1.29 is 18.0 Å². The Balaban J connectivity index is 1.53. The second-order valence-electron chi connectivity index (χ2n) is 6.64. The third-order valence-corrected chi connectivity index (χ3v) is 5.11. The lowest BCUT2D eigenvalue weighted by molar-refractivity contribution is -0.0328. The molecule has 0 saturated carbocycles. The van der Waals surface area contributed by atoms with Gasteiger partial charge < -0.3 is 20.0 Å². The maximum absolute atomic E-state index is 12.4. The number of nitrogens with zero attached hydrogens (tertiary/aromatic N) is 5. The van der Waals surface area contributed by atoms with Crippen LogP contribution in [-0.4, -0.2) is 66.9 Å². The molecule has 2 amide bonds. The van der Waals surface area contributed by atoms with Crippen LogP contribution in [0, 0.1) is 0 Å². The predicted octanol–water partition coefficient (Wildman–Crippen LogP) is 3.51. The van der Waals surface area contributed by atoms with E-state index in [9.17, 15) is 18.0 Å². The van der Waals surface area contributed by atoms with Gasteiger partial charge in [-0.1, -0.05) is 0 Å². The Bertz CT molecular complexity index is 838. The number of rotatable bonds is 4. The molecule has 1 saturated heterocycles. The fourth-order valence-corrected chi connectivity index (χ4v) is 3.37. The van der Waals surface area contributed by atoms with E-state index in [2.05, 4.69) is 20.4 Å². The molecule has 0 unspecified atom stereocenters. The zero-order valence-corrected chi connectivity index (χ0v) is 16.8. The molecular weight excluding hydrogens is 405 g/mol. The number of benzene rings is 1. The van der Waals surface area contributed by atoms with Crippen molar-refractivity contribution in [1.29, 1.82) is 0 Å². The van der Waals surface area contributed by atoms with Gasteiger partial charge in [0.1, 0.15) is 0 Å². The lowest BCUT2D eigenvalue weighted by atomic mass is 10.3. The van der Waals surface area contributed by atoms with Crippen molar-refractivity contribution in [2.75, 3.05) is 55.4 Å². The van der Waals surface area contributed by atoms with Gasteiger partial charge in [0.15, 0.2) is 5.82 Å². The minimum Gasteiger partial charge on any atom is -0.376 e. The molecule has 1 aliphatic rings. The summed E-state index contributed by atoms with van der Waals surface area (Å²) in [6, 6.07) is 7.26. The summed E-state index contributed by atoms with van der Waals surface area (Å²) in [5, 5.41) is 10.9. The highest BCUT2D eigenvalue weighted by atomic mass is 32.2. The molecule has 0 radical (unpaired) electrons. The van der Waals surface area contributed by atoms with Crippen molar-refractivity contribution in [2.24, 2.45) is 0 Å². The number of carbonyl (C=O) groups is 1. The molecule has 0 spiro atoms. The van der Waals surface area contributed by atoms with E-state index in [1.165, 1.54) is 24.3 Å². The van der Waals surface area contributed by atoms with Gasteiger partial charge in [-0.15, -0.1) is 5.10 Å². The largest absolute Gasteiger partial charge is 0.446 e. The average molecular weight is 426 g/mol. The van der Waals surface area contributed by atoms with E-state index in [0.29, 0.717) is 31.9 Å². The first-order valence-corrected chi connectivity index (χ1v) is 9.70. The zero-order chi connectivity index (χ0) is 21.0. The molecule has 0 aliphatic carbocycles. The Morgan fingerprint density at radius 1 is 1.14 bits per heavy atom. The fraction of sp³-hybridized carbons (Fsp3) is 0.389. The van der Waals surface area contributed by atoms with Gasteiger partial charge in [-0.3, -0.25) is 0 Å². The topological polar surface area (TPSA) is 64.6 Å². The van der Waals surface area contributed by atoms with Crippen molar-refractivity contribution in [3.8, 4) is 0 Å². The fourth-order valence-electron chi connectivity index (χ4n) is 2.83. The molecule has 0 atom stereocenters. The third-order valence-electron chi connectivity index (χ3n) is 4.37. The summed E-state index contributed by atoms with van der Waals surface area (Å²) in [4.78, 5) is 18.2. The highest BCUT2D eigenvalue weighted by molar-refractivity contribution is 8.00. The van der Waals surface area contributed by atoms with E-state index >= 15 is 0 Å². The van der Waals surface area contributed by atoms with Gasteiger partial charge in [-0.2, -0.15) is 18.3 Å². The molecular formula is C18H21F3N6OS. The molecule has 1 aliphatic heterocycles. The molecule has 7 nitrogen and oxygen atoms in total. The Kier molecular flexibility index (Phi) is 6.36. The Hall–Kier alpha value is -2.69. The van der Waals surface area contributed by atoms with Gasteiger partial charge in [0.2, 0.25) is 0 Å². The minimum atomic E-state index is -4.33. The van der Waals surface area contributed by atoms with Gasteiger partial charge in [-0.25, -0.2) is 4.79 Å². The summed E-state index contributed by atoms with van der Waals surface area (Å²) in [6.45, 7) is 2.23. The van der Waals surface area contributed by atoms with Crippen LogP contribution in [0.25, 0.3) is 0 Å². The summed E-state index contributed by atoms with van der Waals surface area (Å²) in [6.07, 6.45) is 1.69. The van der Waals surface area contributed by atoms with E-state index < -0.39 is 5.51 Å². The van der Waals surface area contributed by atoms with E-state index in [0.717, 1.165) is 11.5 Å². The van der Waals surface area contributed by atoms with Crippen LogP contribution in [0.15, 0.2) is 41.4 Å². The maximum atomic E-state index is 12.4.